The molecule has 0 saturated heterocycles. The van der Waals surface area contributed by atoms with Crippen molar-refractivity contribution >= 4 is 9.84 Å². The van der Waals surface area contributed by atoms with Crippen molar-refractivity contribution in [3.8, 4) is 0 Å². The van der Waals surface area contributed by atoms with Crippen LogP contribution in [-0.4, -0.2) is 19.4 Å². The van der Waals surface area contributed by atoms with E-state index < -0.39 is 9.84 Å². The third-order valence-corrected chi connectivity index (χ3v) is 8.00. The predicted octanol–water partition coefficient (Wildman–Crippen LogP) is 5.30. The van der Waals surface area contributed by atoms with Crippen LogP contribution in [0.25, 0.3) is 0 Å². The molecular weight excluding hydrogens is 316 g/mol. The second kappa shape index (κ2) is 8.51. The molecule has 2 nitrogen and oxygen atoms in total. The Morgan fingerprint density at radius 2 is 1.71 bits per heavy atom. The second-order valence-electron chi connectivity index (χ2n) is 7.94. The highest BCUT2D eigenvalue weighted by Crippen LogP contribution is 2.37. The number of unbranched alkanes of at least 4 members (excludes halogenated alkanes) is 4. The van der Waals surface area contributed by atoms with Crippen molar-refractivity contribution in [3.05, 3.63) is 34.9 Å². The summed E-state index contributed by atoms with van der Waals surface area (Å²) < 4.78 is 23.5. The van der Waals surface area contributed by atoms with Crippen LogP contribution in [0.4, 0.5) is 0 Å². The quantitative estimate of drug-likeness (QED) is 0.566. The largest absolute Gasteiger partial charge is 0.229 e. The number of benzene rings is 1. The van der Waals surface area contributed by atoms with Gasteiger partial charge in [0.25, 0.3) is 0 Å². The van der Waals surface area contributed by atoms with Gasteiger partial charge in [-0.2, -0.15) is 0 Å². The van der Waals surface area contributed by atoms with Crippen molar-refractivity contribution in [2.75, 3.05) is 5.75 Å². The Kier molecular flexibility index (Phi) is 6.91. The Morgan fingerprint density at radius 3 is 2.42 bits per heavy atom. The van der Waals surface area contributed by atoms with E-state index in [2.05, 4.69) is 32.0 Å². The minimum absolute atomic E-state index is 0.234. The molecule has 2 rings (SSSR count). The average molecular weight is 351 g/mol. The third-order valence-electron chi connectivity index (χ3n) is 5.71. The van der Waals surface area contributed by atoms with Gasteiger partial charge < -0.3 is 0 Å². The second-order valence-corrected chi connectivity index (χ2v) is 10.6. The Morgan fingerprint density at radius 1 is 1.04 bits per heavy atom. The lowest BCUT2D eigenvalue weighted by molar-refractivity contribution is 0.532. The fraction of sp³-hybridized carbons (Fsp3) is 0.714. The molecule has 0 fully saturated rings. The number of hydrogen-bond donors (Lipinski definition) is 0. The molecule has 0 spiro atoms. The molecular formula is C21H34O2S. The third kappa shape index (κ3) is 5.08. The Hall–Kier alpha value is -0.830. The zero-order valence-corrected chi connectivity index (χ0v) is 16.7. The lowest BCUT2D eigenvalue weighted by Gasteiger charge is -2.09. The lowest BCUT2D eigenvalue weighted by atomic mass is 9.96. The molecule has 0 bridgehead atoms. The average Bonchev–Trinajstić information content (AvgIpc) is 2.80. The van der Waals surface area contributed by atoms with Gasteiger partial charge in [-0.1, -0.05) is 51.3 Å². The molecule has 2 unspecified atom stereocenters. The number of rotatable bonds is 9. The zero-order chi connectivity index (χ0) is 17.7. The molecule has 0 saturated carbocycles. The molecule has 0 radical (unpaired) electrons. The lowest BCUT2D eigenvalue weighted by Crippen LogP contribution is -2.17. The van der Waals surface area contributed by atoms with E-state index in [-0.39, 0.29) is 5.25 Å². The van der Waals surface area contributed by atoms with E-state index in [0.29, 0.717) is 11.7 Å². The molecule has 0 N–H and O–H groups in total. The summed E-state index contributed by atoms with van der Waals surface area (Å²) in [5, 5.41) is -0.234. The van der Waals surface area contributed by atoms with E-state index in [4.69, 9.17) is 0 Å². The SMILES string of the molecule is CC1Cc2cc(CCCCCCCS(=O)(=O)C(C)C)ccc2C1C. The van der Waals surface area contributed by atoms with Crippen LogP contribution in [0.1, 0.15) is 82.4 Å². The molecule has 0 amide bonds. The summed E-state index contributed by atoms with van der Waals surface area (Å²) in [6, 6.07) is 7.07. The van der Waals surface area contributed by atoms with Crippen LogP contribution < -0.4 is 0 Å². The standard InChI is InChI=1S/C21H34O2S/c1-16(2)24(22,23)13-9-7-5-6-8-10-19-11-12-21-18(4)17(3)14-20(21)15-19/h11-12,15-18H,5-10,13-14H2,1-4H3. The van der Waals surface area contributed by atoms with Crippen LogP contribution >= 0.6 is 0 Å². The summed E-state index contributed by atoms with van der Waals surface area (Å²) in [6.07, 6.45) is 7.79. The maximum Gasteiger partial charge on any atom is 0.152 e. The highest BCUT2D eigenvalue weighted by atomic mass is 32.2. The molecule has 3 heteroatoms. The number of fused-ring (bicyclic) bond motifs is 1. The first-order chi connectivity index (χ1) is 11.3. The van der Waals surface area contributed by atoms with Crippen molar-refractivity contribution in [2.24, 2.45) is 5.92 Å². The first-order valence-corrected chi connectivity index (χ1v) is 11.4. The molecule has 1 aliphatic carbocycles. The van der Waals surface area contributed by atoms with Crippen LogP contribution in [0.15, 0.2) is 18.2 Å². The maximum atomic E-state index is 11.7. The zero-order valence-electron chi connectivity index (χ0n) is 15.8. The van der Waals surface area contributed by atoms with Gasteiger partial charge in [0.05, 0.1) is 11.0 Å². The summed E-state index contributed by atoms with van der Waals surface area (Å²) in [4.78, 5) is 0. The van der Waals surface area contributed by atoms with Gasteiger partial charge in [-0.3, -0.25) is 0 Å². The summed E-state index contributed by atoms with van der Waals surface area (Å²) in [7, 11) is -2.85. The van der Waals surface area contributed by atoms with Crippen LogP contribution in [0.3, 0.4) is 0 Å². The minimum Gasteiger partial charge on any atom is -0.229 e. The van der Waals surface area contributed by atoms with E-state index in [1.807, 2.05) is 0 Å². The van der Waals surface area contributed by atoms with Crippen LogP contribution in [0.5, 0.6) is 0 Å². The van der Waals surface area contributed by atoms with E-state index >= 15 is 0 Å². The maximum absolute atomic E-state index is 11.7. The molecule has 1 aromatic carbocycles. The highest BCUT2D eigenvalue weighted by Gasteiger charge is 2.25. The van der Waals surface area contributed by atoms with Gasteiger partial charge in [0, 0.05) is 0 Å². The van der Waals surface area contributed by atoms with E-state index in [0.717, 1.165) is 31.6 Å². The van der Waals surface area contributed by atoms with Crippen LogP contribution in [0.2, 0.25) is 0 Å². The van der Waals surface area contributed by atoms with Crippen molar-refractivity contribution in [2.45, 2.75) is 83.8 Å². The number of aryl methyl sites for hydroxylation is 1. The predicted molar refractivity (Wildman–Crippen MR) is 103 cm³/mol. The van der Waals surface area contributed by atoms with Crippen molar-refractivity contribution < 1.29 is 8.42 Å². The Bertz CT molecular complexity index is 631. The molecule has 24 heavy (non-hydrogen) atoms. The smallest absolute Gasteiger partial charge is 0.152 e. The van der Waals surface area contributed by atoms with Gasteiger partial charge in [-0.05, 0) is 68.1 Å². The highest BCUT2D eigenvalue weighted by molar-refractivity contribution is 7.91. The van der Waals surface area contributed by atoms with E-state index in [1.54, 1.807) is 25.0 Å². The molecule has 136 valence electrons. The van der Waals surface area contributed by atoms with Gasteiger partial charge in [-0.25, -0.2) is 8.42 Å². The fourth-order valence-electron chi connectivity index (χ4n) is 3.66. The molecule has 0 aliphatic heterocycles. The van der Waals surface area contributed by atoms with Crippen LogP contribution in [0, 0.1) is 5.92 Å². The van der Waals surface area contributed by atoms with E-state index in [9.17, 15) is 8.42 Å². The summed E-state index contributed by atoms with van der Waals surface area (Å²) in [5.74, 6) is 1.83. The molecule has 1 aromatic rings. The van der Waals surface area contributed by atoms with Crippen molar-refractivity contribution in [1.82, 2.24) is 0 Å². The monoisotopic (exact) mass is 350 g/mol. The molecule has 2 atom stereocenters. The first kappa shape index (κ1) is 19.5. The molecule has 0 heterocycles. The van der Waals surface area contributed by atoms with Crippen molar-refractivity contribution in [1.29, 1.82) is 0 Å². The van der Waals surface area contributed by atoms with Gasteiger partial charge in [0.2, 0.25) is 0 Å². The van der Waals surface area contributed by atoms with Gasteiger partial charge in [0.1, 0.15) is 0 Å². The Labute approximate surface area is 149 Å². The Balaban J connectivity index is 1.65. The van der Waals surface area contributed by atoms with Crippen molar-refractivity contribution in [3.63, 3.8) is 0 Å². The number of sulfone groups is 1. The number of hydrogen-bond acceptors (Lipinski definition) is 2. The van der Waals surface area contributed by atoms with Gasteiger partial charge in [0.15, 0.2) is 9.84 Å². The normalized spacial score (nSPS) is 20.5. The summed E-state index contributed by atoms with van der Waals surface area (Å²) >= 11 is 0. The summed E-state index contributed by atoms with van der Waals surface area (Å²) in [5.41, 5.74) is 4.58. The molecule has 1 aliphatic rings. The van der Waals surface area contributed by atoms with Crippen LogP contribution in [-0.2, 0) is 22.7 Å². The first-order valence-electron chi connectivity index (χ1n) is 9.64. The van der Waals surface area contributed by atoms with E-state index in [1.165, 1.54) is 24.8 Å². The molecule has 0 aromatic heterocycles. The minimum atomic E-state index is -2.85. The van der Waals surface area contributed by atoms with Gasteiger partial charge in [-0.15, -0.1) is 0 Å². The fourth-order valence-corrected chi connectivity index (χ4v) is 4.74. The van der Waals surface area contributed by atoms with Gasteiger partial charge >= 0.3 is 0 Å². The summed E-state index contributed by atoms with van der Waals surface area (Å²) in [6.45, 7) is 8.24. The topological polar surface area (TPSA) is 34.1 Å².